The number of hydrogen-bond donors (Lipinski definition) is 2. The lowest BCUT2D eigenvalue weighted by atomic mass is 10.0. The third kappa shape index (κ3) is 5.47. The summed E-state index contributed by atoms with van der Waals surface area (Å²) < 4.78 is 24.9. The summed E-state index contributed by atoms with van der Waals surface area (Å²) in [6.45, 7) is 4.01. The second-order valence-electron chi connectivity index (χ2n) is 5.91. The van der Waals surface area contributed by atoms with Crippen LogP contribution in [0.1, 0.15) is 40.9 Å². The maximum absolute atomic E-state index is 12.5. The molecule has 0 aliphatic rings. The molecule has 25 heavy (non-hydrogen) atoms. The smallest absolute Gasteiger partial charge is 0.251 e. The van der Waals surface area contributed by atoms with E-state index in [0.29, 0.717) is 5.56 Å². The number of rotatable bonds is 6. The Kier molecular flexibility index (Phi) is 6.08. The number of carbonyl (C=O) groups is 1. The fraction of sp³-hybridized carbons (Fsp3) is 0.278. The second kappa shape index (κ2) is 7.89. The van der Waals surface area contributed by atoms with Crippen molar-refractivity contribution in [2.24, 2.45) is 0 Å². The lowest BCUT2D eigenvalue weighted by Gasteiger charge is -2.18. The summed E-state index contributed by atoms with van der Waals surface area (Å²) in [6, 6.07) is 12.4. The van der Waals surface area contributed by atoms with Crippen LogP contribution in [0.2, 0.25) is 5.02 Å². The zero-order chi connectivity index (χ0) is 18.6. The highest BCUT2D eigenvalue weighted by atomic mass is 35.5. The first-order valence-corrected chi connectivity index (χ1v) is 10.1. The summed E-state index contributed by atoms with van der Waals surface area (Å²) >= 11 is 6.08. The van der Waals surface area contributed by atoms with E-state index in [1.165, 1.54) is 18.2 Å². The molecule has 5 nitrogen and oxygen atoms in total. The van der Waals surface area contributed by atoms with E-state index in [1.807, 2.05) is 38.1 Å². The molecule has 0 aliphatic carbocycles. The Labute approximate surface area is 153 Å². The monoisotopic (exact) mass is 380 g/mol. The summed E-state index contributed by atoms with van der Waals surface area (Å²) in [5.74, 6) is -0.264. The van der Waals surface area contributed by atoms with Gasteiger partial charge in [-0.15, -0.1) is 0 Å². The standard InChI is InChI=1S/C18H21ClN2O3S/c1-4-16(13-7-5-12(2)6-8-13)20-18(22)14-9-10-17(15(19)11-14)21-25(3,23)24/h5-11,16,21H,4H2,1-3H3,(H,20,22). The van der Waals surface area contributed by atoms with Crippen LogP contribution >= 0.6 is 11.6 Å². The SMILES string of the molecule is CCC(NC(=O)c1ccc(NS(C)(=O)=O)c(Cl)c1)c1ccc(C)cc1. The number of carbonyl (C=O) groups excluding carboxylic acids is 1. The molecule has 2 aromatic rings. The molecule has 2 rings (SSSR count). The van der Waals surface area contributed by atoms with Gasteiger partial charge in [-0.05, 0) is 37.1 Å². The predicted octanol–water partition coefficient (Wildman–Crippen LogP) is 3.90. The van der Waals surface area contributed by atoms with E-state index in [-0.39, 0.29) is 22.7 Å². The van der Waals surface area contributed by atoms with Crippen LogP contribution in [-0.2, 0) is 10.0 Å². The Morgan fingerprint density at radius 1 is 1.16 bits per heavy atom. The van der Waals surface area contributed by atoms with Crippen molar-refractivity contribution in [2.75, 3.05) is 11.0 Å². The van der Waals surface area contributed by atoms with Crippen LogP contribution < -0.4 is 10.0 Å². The van der Waals surface area contributed by atoms with Gasteiger partial charge >= 0.3 is 0 Å². The zero-order valence-corrected chi connectivity index (χ0v) is 15.9. The molecule has 0 fully saturated rings. The number of nitrogens with one attached hydrogen (secondary N) is 2. The van der Waals surface area contributed by atoms with E-state index in [4.69, 9.17) is 11.6 Å². The van der Waals surface area contributed by atoms with Crippen LogP contribution in [0.3, 0.4) is 0 Å². The first kappa shape index (κ1) is 19.3. The summed E-state index contributed by atoms with van der Waals surface area (Å²) in [4.78, 5) is 12.5. The molecule has 0 spiro atoms. The van der Waals surface area contributed by atoms with Crippen molar-refractivity contribution in [3.8, 4) is 0 Å². The van der Waals surface area contributed by atoms with Crippen LogP contribution in [0.5, 0.6) is 0 Å². The fourth-order valence-corrected chi connectivity index (χ4v) is 3.26. The van der Waals surface area contributed by atoms with E-state index in [1.54, 1.807) is 0 Å². The molecule has 1 amide bonds. The number of sulfonamides is 1. The first-order chi connectivity index (χ1) is 11.7. The minimum absolute atomic E-state index is 0.110. The highest BCUT2D eigenvalue weighted by Gasteiger charge is 2.16. The van der Waals surface area contributed by atoms with Gasteiger partial charge in [-0.1, -0.05) is 48.4 Å². The van der Waals surface area contributed by atoms with Gasteiger partial charge in [0.25, 0.3) is 5.91 Å². The van der Waals surface area contributed by atoms with Gasteiger partial charge < -0.3 is 5.32 Å². The molecule has 0 saturated heterocycles. The van der Waals surface area contributed by atoms with Gasteiger partial charge in [-0.25, -0.2) is 8.42 Å². The molecule has 0 radical (unpaired) electrons. The summed E-state index contributed by atoms with van der Waals surface area (Å²) in [7, 11) is -3.43. The van der Waals surface area contributed by atoms with Crippen LogP contribution in [0.4, 0.5) is 5.69 Å². The van der Waals surface area contributed by atoms with E-state index in [2.05, 4.69) is 10.0 Å². The Morgan fingerprint density at radius 3 is 2.32 bits per heavy atom. The Balaban J connectivity index is 2.16. The van der Waals surface area contributed by atoms with E-state index < -0.39 is 10.0 Å². The van der Waals surface area contributed by atoms with Gasteiger partial charge in [0, 0.05) is 5.56 Å². The molecule has 0 aliphatic heterocycles. The summed E-state index contributed by atoms with van der Waals surface area (Å²) in [5, 5.41) is 3.15. The van der Waals surface area contributed by atoms with Gasteiger partial charge in [-0.3, -0.25) is 9.52 Å². The van der Waals surface area contributed by atoms with Crippen molar-refractivity contribution in [1.29, 1.82) is 0 Å². The minimum atomic E-state index is -3.43. The third-order valence-corrected chi connectivity index (χ3v) is 4.62. The van der Waals surface area contributed by atoms with Crippen molar-refractivity contribution in [3.05, 3.63) is 64.2 Å². The maximum Gasteiger partial charge on any atom is 0.251 e. The van der Waals surface area contributed by atoms with E-state index >= 15 is 0 Å². The number of halogens is 1. The average molecular weight is 381 g/mol. The van der Waals surface area contributed by atoms with Gasteiger partial charge in [-0.2, -0.15) is 0 Å². The highest BCUT2D eigenvalue weighted by Crippen LogP contribution is 2.25. The molecule has 0 bridgehead atoms. The Hall–Kier alpha value is -2.05. The number of benzene rings is 2. The van der Waals surface area contributed by atoms with Crippen LogP contribution in [0.15, 0.2) is 42.5 Å². The quantitative estimate of drug-likeness (QED) is 0.797. The van der Waals surface area contributed by atoms with Crippen molar-refractivity contribution >= 4 is 33.2 Å². The molecule has 1 unspecified atom stereocenters. The molecule has 0 saturated carbocycles. The molecular formula is C18H21ClN2O3S. The highest BCUT2D eigenvalue weighted by molar-refractivity contribution is 7.92. The molecule has 0 heterocycles. The van der Waals surface area contributed by atoms with E-state index in [0.717, 1.165) is 23.8 Å². The Bertz CT molecular complexity index is 864. The number of aryl methyl sites for hydroxylation is 1. The first-order valence-electron chi connectivity index (χ1n) is 7.84. The normalized spacial score (nSPS) is 12.5. The predicted molar refractivity (Wildman–Crippen MR) is 102 cm³/mol. The van der Waals surface area contributed by atoms with E-state index in [9.17, 15) is 13.2 Å². The van der Waals surface area contributed by atoms with Crippen molar-refractivity contribution in [2.45, 2.75) is 26.3 Å². The van der Waals surface area contributed by atoms with Crippen LogP contribution in [0, 0.1) is 6.92 Å². The van der Waals surface area contributed by atoms with Crippen molar-refractivity contribution in [3.63, 3.8) is 0 Å². The second-order valence-corrected chi connectivity index (χ2v) is 8.07. The maximum atomic E-state index is 12.5. The van der Waals surface area contributed by atoms with Gasteiger partial charge in [0.15, 0.2) is 0 Å². The third-order valence-electron chi connectivity index (χ3n) is 3.72. The zero-order valence-electron chi connectivity index (χ0n) is 14.3. The molecule has 7 heteroatoms. The van der Waals surface area contributed by atoms with Crippen LogP contribution in [0.25, 0.3) is 0 Å². The van der Waals surface area contributed by atoms with Gasteiger partial charge in [0.2, 0.25) is 10.0 Å². The summed E-state index contributed by atoms with van der Waals surface area (Å²) in [6.07, 6.45) is 1.79. The average Bonchev–Trinajstić information content (AvgIpc) is 2.54. The van der Waals surface area contributed by atoms with Gasteiger partial charge in [0.05, 0.1) is 23.0 Å². The molecule has 2 N–H and O–H groups in total. The van der Waals surface area contributed by atoms with Gasteiger partial charge in [0.1, 0.15) is 0 Å². The topological polar surface area (TPSA) is 75.3 Å². The van der Waals surface area contributed by atoms with Crippen LogP contribution in [-0.4, -0.2) is 20.6 Å². The minimum Gasteiger partial charge on any atom is -0.345 e. The fourth-order valence-electron chi connectivity index (χ4n) is 2.40. The lowest BCUT2D eigenvalue weighted by molar-refractivity contribution is 0.0935. The largest absolute Gasteiger partial charge is 0.345 e. The Morgan fingerprint density at radius 2 is 1.80 bits per heavy atom. The van der Waals surface area contributed by atoms with Crippen molar-refractivity contribution < 1.29 is 13.2 Å². The molecule has 0 aromatic heterocycles. The van der Waals surface area contributed by atoms with Crippen molar-refractivity contribution in [1.82, 2.24) is 5.32 Å². The lowest BCUT2D eigenvalue weighted by Crippen LogP contribution is -2.28. The molecule has 134 valence electrons. The molecule has 1 atom stereocenters. The molecular weight excluding hydrogens is 360 g/mol. The number of hydrogen-bond acceptors (Lipinski definition) is 3. The molecule has 2 aromatic carbocycles. The number of anilines is 1. The summed E-state index contributed by atoms with van der Waals surface area (Å²) in [5.41, 5.74) is 2.80. The number of amides is 1.